The number of carbonyl (C=O) groups excluding carboxylic acids is 2. The number of nitrogens with zero attached hydrogens (tertiary/aromatic N) is 2. The van der Waals surface area contributed by atoms with E-state index in [-0.39, 0.29) is 23.3 Å². The standard InChI is InChI=1S/C16H18N2O5/c1-17(2)12-6-4-10(9-13(12)23-3)8-11-5-7-14(19)18(15(11)20)16(21)22/h4,6,8-9H,5,7H2,1-3H3,(H,21,22)/b11-8-. The molecule has 0 atom stereocenters. The zero-order valence-electron chi connectivity index (χ0n) is 13.2. The van der Waals surface area contributed by atoms with Crippen LogP contribution in [-0.2, 0) is 9.59 Å². The molecule has 7 heteroatoms. The Kier molecular flexibility index (Phi) is 4.68. The minimum absolute atomic E-state index is 0.00318. The molecule has 1 heterocycles. The van der Waals surface area contributed by atoms with Crippen molar-refractivity contribution >= 4 is 29.7 Å². The molecule has 122 valence electrons. The van der Waals surface area contributed by atoms with Crippen LogP contribution in [-0.4, -0.2) is 49.1 Å². The Bertz CT molecular complexity index is 694. The molecule has 1 N–H and O–H groups in total. The normalized spacial score (nSPS) is 16.7. The molecule has 0 bridgehead atoms. The summed E-state index contributed by atoms with van der Waals surface area (Å²) in [7, 11) is 5.32. The number of carbonyl (C=O) groups is 3. The number of hydrogen-bond donors (Lipinski definition) is 1. The monoisotopic (exact) mass is 318 g/mol. The van der Waals surface area contributed by atoms with E-state index in [9.17, 15) is 14.4 Å². The first-order valence-electron chi connectivity index (χ1n) is 7.01. The molecular formula is C16H18N2O5. The van der Waals surface area contributed by atoms with E-state index in [1.165, 1.54) is 0 Å². The van der Waals surface area contributed by atoms with Crippen molar-refractivity contribution in [1.82, 2.24) is 4.90 Å². The number of amides is 3. The number of ether oxygens (including phenoxy) is 1. The molecule has 1 aromatic rings. The first-order chi connectivity index (χ1) is 10.8. The van der Waals surface area contributed by atoms with Crippen molar-refractivity contribution in [3.8, 4) is 5.75 Å². The van der Waals surface area contributed by atoms with Gasteiger partial charge in [-0.15, -0.1) is 0 Å². The number of likely N-dealkylation sites (tertiary alicyclic amines) is 1. The molecule has 2 rings (SSSR count). The van der Waals surface area contributed by atoms with E-state index >= 15 is 0 Å². The van der Waals surface area contributed by atoms with Crippen molar-refractivity contribution in [3.05, 3.63) is 29.3 Å². The third-order valence-corrected chi connectivity index (χ3v) is 3.55. The topological polar surface area (TPSA) is 87.1 Å². The number of benzene rings is 1. The van der Waals surface area contributed by atoms with E-state index in [0.29, 0.717) is 11.3 Å². The van der Waals surface area contributed by atoms with Gasteiger partial charge in [-0.1, -0.05) is 6.07 Å². The molecule has 0 aliphatic carbocycles. The number of rotatable bonds is 3. The summed E-state index contributed by atoms with van der Waals surface area (Å²) in [5.74, 6) is -0.844. The molecule has 0 saturated carbocycles. The maximum atomic E-state index is 12.1. The largest absolute Gasteiger partial charge is 0.495 e. The zero-order valence-corrected chi connectivity index (χ0v) is 13.2. The fourth-order valence-electron chi connectivity index (χ4n) is 2.40. The van der Waals surface area contributed by atoms with Crippen LogP contribution < -0.4 is 9.64 Å². The highest BCUT2D eigenvalue weighted by Crippen LogP contribution is 2.29. The van der Waals surface area contributed by atoms with E-state index in [2.05, 4.69) is 0 Å². The average Bonchev–Trinajstić information content (AvgIpc) is 2.49. The Morgan fingerprint density at radius 3 is 2.57 bits per heavy atom. The second-order valence-corrected chi connectivity index (χ2v) is 5.31. The van der Waals surface area contributed by atoms with Crippen LogP contribution in [0.2, 0.25) is 0 Å². The molecule has 0 radical (unpaired) electrons. The highest BCUT2D eigenvalue weighted by atomic mass is 16.5. The van der Waals surface area contributed by atoms with Crippen LogP contribution in [0.15, 0.2) is 23.8 Å². The van der Waals surface area contributed by atoms with Crippen LogP contribution in [0, 0.1) is 0 Å². The van der Waals surface area contributed by atoms with Crippen LogP contribution in [0.25, 0.3) is 6.08 Å². The maximum absolute atomic E-state index is 12.1. The average molecular weight is 318 g/mol. The lowest BCUT2D eigenvalue weighted by Crippen LogP contribution is -2.44. The minimum atomic E-state index is -1.55. The fourth-order valence-corrected chi connectivity index (χ4v) is 2.40. The molecule has 0 aromatic heterocycles. The fraction of sp³-hybridized carbons (Fsp3) is 0.312. The summed E-state index contributed by atoms with van der Waals surface area (Å²) >= 11 is 0. The summed E-state index contributed by atoms with van der Waals surface area (Å²) in [6.45, 7) is 0. The number of carboxylic acid groups (broad SMARTS) is 1. The van der Waals surface area contributed by atoms with Crippen molar-refractivity contribution < 1.29 is 24.2 Å². The quantitative estimate of drug-likeness (QED) is 0.677. The molecule has 1 aromatic carbocycles. The van der Waals surface area contributed by atoms with Crippen molar-refractivity contribution in [2.24, 2.45) is 0 Å². The van der Waals surface area contributed by atoms with Crippen molar-refractivity contribution in [3.63, 3.8) is 0 Å². The SMILES string of the molecule is COc1cc(/C=C2/CCC(=O)N(C(=O)O)C2=O)ccc1N(C)C. The number of imide groups is 3. The van der Waals surface area contributed by atoms with Gasteiger partial charge in [0, 0.05) is 26.1 Å². The third kappa shape index (κ3) is 3.33. The Morgan fingerprint density at radius 1 is 1.30 bits per heavy atom. The molecular weight excluding hydrogens is 300 g/mol. The van der Waals surface area contributed by atoms with Gasteiger partial charge in [0.05, 0.1) is 12.8 Å². The summed E-state index contributed by atoms with van der Waals surface area (Å²) in [6.07, 6.45) is 0.258. The van der Waals surface area contributed by atoms with Gasteiger partial charge in [0.2, 0.25) is 5.91 Å². The molecule has 7 nitrogen and oxygen atoms in total. The van der Waals surface area contributed by atoms with E-state index < -0.39 is 17.9 Å². The van der Waals surface area contributed by atoms with E-state index in [0.717, 1.165) is 5.69 Å². The van der Waals surface area contributed by atoms with Gasteiger partial charge in [-0.05, 0) is 30.2 Å². The van der Waals surface area contributed by atoms with Gasteiger partial charge in [-0.3, -0.25) is 9.59 Å². The molecule has 1 fully saturated rings. The second kappa shape index (κ2) is 6.51. The molecule has 23 heavy (non-hydrogen) atoms. The smallest absolute Gasteiger partial charge is 0.421 e. The Morgan fingerprint density at radius 2 is 2.00 bits per heavy atom. The lowest BCUT2D eigenvalue weighted by atomic mass is 10.0. The molecule has 0 unspecified atom stereocenters. The van der Waals surface area contributed by atoms with Crippen LogP contribution in [0.5, 0.6) is 5.75 Å². The molecule has 0 spiro atoms. The van der Waals surface area contributed by atoms with Gasteiger partial charge in [-0.2, -0.15) is 4.90 Å². The van der Waals surface area contributed by atoms with E-state index in [4.69, 9.17) is 9.84 Å². The zero-order chi connectivity index (χ0) is 17.1. The minimum Gasteiger partial charge on any atom is -0.495 e. The Labute approximate surface area is 133 Å². The van der Waals surface area contributed by atoms with Crippen LogP contribution >= 0.6 is 0 Å². The van der Waals surface area contributed by atoms with Crippen molar-refractivity contribution in [2.45, 2.75) is 12.8 Å². The first-order valence-corrected chi connectivity index (χ1v) is 7.01. The molecule has 1 saturated heterocycles. The van der Waals surface area contributed by atoms with Gasteiger partial charge in [0.1, 0.15) is 5.75 Å². The molecule has 1 aliphatic heterocycles. The van der Waals surface area contributed by atoms with E-state index in [1.807, 2.05) is 25.1 Å². The number of hydrogen-bond acceptors (Lipinski definition) is 5. The predicted octanol–water partition coefficient (Wildman–Crippen LogP) is 1.97. The number of piperidine rings is 1. The number of anilines is 1. The predicted molar refractivity (Wildman–Crippen MR) is 84.4 cm³/mol. The molecule has 1 aliphatic rings. The van der Waals surface area contributed by atoms with Gasteiger partial charge in [0.15, 0.2) is 0 Å². The summed E-state index contributed by atoms with van der Waals surface area (Å²) < 4.78 is 5.33. The van der Waals surface area contributed by atoms with Crippen molar-refractivity contribution in [2.75, 3.05) is 26.1 Å². The van der Waals surface area contributed by atoms with Gasteiger partial charge < -0.3 is 14.7 Å². The highest BCUT2D eigenvalue weighted by Gasteiger charge is 2.34. The summed E-state index contributed by atoms with van der Waals surface area (Å²) in [4.78, 5) is 36.8. The maximum Gasteiger partial charge on any atom is 0.421 e. The van der Waals surface area contributed by atoms with Crippen molar-refractivity contribution in [1.29, 1.82) is 0 Å². The second-order valence-electron chi connectivity index (χ2n) is 5.31. The lowest BCUT2D eigenvalue weighted by molar-refractivity contribution is -0.141. The summed E-state index contributed by atoms with van der Waals surface area (Å²) in [5, 5.41) is 8.97. The highest BCUT2D eigenvalue weighted by molar-refractivity contribution is 6.17. The summed E-state index contributed by atoms with van der Waals surface area (Å²) in [6, 6.07) is 5.41. The molecule has 3 amide bonds. The third-order valence-electron chi connectivity index (χ3n) is 3.55. The van der Waals surface area contributed by atoms with Gasteiger partial charge in [-0.25, -0.2) is 4.79 Å². The Hall–Kier alpha value is -2.83. The van der Waals surface area contributed by atoms with Crippen LogP contribution in [0.3, 0.4) is 0 Å². The van der Waals surface area contributed by atoms with Gasteiger partial charge in [0.25, 0.3) is 5.91 Å². The summed E-state index contributed by atoms with van der Waals surface area (Å²) in [5.41, 5.74) is 1.87. The van der Waals surface area contributed by atoms with Crippen LogP contribution in [0.4, 0.5) is 10.5 Å². The van der Waals surface area contributed by atoms with Crippen LogP contribution in [0.1, 0.15) is 18.4 Å². The lowest BCUT2D eigenvalue weighted by Gasteiger charge is -2.22. The first kappa shape index (κ1) is 16.5. The van der Waals surface area contributed by atoms with E-state index in [1.54, 1.807) is 25.3 Å². The number of methoxy groups -OCH3 is 1. The van der Waals surface area contributed by atoms with Gasteiger partial charge >= 0.3 is 6.09 Å². The Balaban J connectivity index is 2.36.